The smallest absolute Gasteiger partial charge is 0.272 e. The molecule has 1 atom stereocenters. The molecule has 1 aromatic rings. The predicted octanol–water partition coefficient (Wildman–Crippen LogP) is 2.92. The van der Waals surface area contributed by atoms with Gasteiger partial charge in [0.2, 0.25) is 0 Å². The van der Waals surface area contributed by atoms with Gasteiger partial charge in [-0.1, -0.05) is 12.1 Å². The summed E-state index contributed by atoms with van der Waals surface area (Å²) in [4.78, 5) is 10.5. The summed E-state index contributed by atoms with van der Waals surface area (Å²) in [7, 11) is 0. The van der Waals surface area contributed by atoms with E-state index in [2.05, 4.69) is 11.6 Å². The van der Waals surface area contributed by atoms with E-state index in [0.29, 0.717) is 5.56 Å². The van der Waals surface area contributed by atoms with Crippen molar-refractivity contribution in [1.29, 1.82) is 0 Å². The lowest BCUT2D eigenvalue weighted by Crippen LogP contribution is -2.21. The van der Waals surface area contributed by atoms with Crippen molar-refractivity contribution in [3.63, 3.8) is 0 Å². The highest BCUT2D eigenvalue weighted by atomic mass is 32.2. The van der Waals surface area contributed by atoms with Gasteiger partial charge in [0.1, 0.15) is 0 Å². The van der Waals surface area contributed by atoms with E-state index in [4.69, 9.17) is 0 Å². The quantitative estimate of drug-likeness (QED) is 0.482. The van der Waals surface area contributed by atoms with Crippen LogP contribution in [0.5, 0.6) is 0 Å². The van der Waals surface area contributed by atoms with E-state index >= 15 is 0 Å². The minimum Gasteiger partial charge on any atom is -0.309 e. The van der Waals surface area contributed by atoms with E-state index < -0.39 is 0 Å². The Morgan fingerprint density at radius 2 is 2.24 bits per heavy atom. The molecule has 0 saturated carbocycles. The van der Waals surface area contributed by atoms with Crippen LogP contribution in [-0.2, 0) is 0 Å². The molecule has 0 aliphatic heterocycles. The summed E-state index contributed by atoms with van der Waals surface area (Å²) in [5.74, 6) is 1.04. The number of nitro groups is 1. The van der Waals surface area contributed by atoms with Crippen LogP contribution in [0.2, 0.25) is 0 Å². The van der Waals surface area contributed by atoms with Crippen LogP contribution < -0.4 is 5.32 Å². The molecule has 0 amide bonds. The van der Waals surface area contributed by atoms with Gasteiger partial charge in [0.15, 0.2) is 0 Å². The number of rotatable bonds is 6. The molecule has 94 valence electrons. The third-order valence-electron chi connectivity index (χ3n) is 2.69. The van der Waals surface area contributed by atoms with Gasteiger partial charge in [0.25, 0.3) is 5.69 Å². The normalized spacial score (nSPS) is 12.4. The first kappa shape index (κ1) is 14.0. The third-order valence-corrected chi connectivity index (χ3v) is 3.30. The summed E-state index contributed by atoms with van der Waals surface area (Å²) in [6.45, 7) is 4.69. The Labute approximate surface area is 106 Å². The second-order valence-electron chi connectivity index (χ2n) is 3.97. The van der Waals surface area contributed by atoms with Crippen molar-refractivity contribution in [2.24, 2.45) is 0 Å². The standard InChI is InChI=1S/C12H18N2O2S/c1-9-4-5-11(8-12(9)14(15)16)10(2)13-6-7-17-3/h4-5,8,10,13H,6-7H2,1-3H3. The predicted molar refractivity (Wildman–Crippen MR) is 72.6 cm³/mol. The van der Waals surface area contributed by atoms with E-state index in [0.717, 1.165) is 17.9 Å². The highest BCUT2D eigenvalue weighted by Gasteiger charge is 2.13. The van der Waals surface area contributed by atoms with Crippen molar-refractivity contribution in [2.45, 2.75) is 19.9 Å². The Kier molecular flexibility index (Phi) is 5.44. The molecule has 0 aromatic heterocycles. The summed E-state index contributed by atoms with van der Waals surface area (Å²) in [6, 6.07) is 5.55. The maximum absolute atomic E-state index is 10.8. The molecule has 4 nitrogen and oxygen atoms in total. The first-order chi connectivity index (χ1) is 8.06. The maximum Gasteiger partial charge on any atom is 0.272 e. The summed E-state index contributed by atoms with van der Waals surface area (Å²) in [6.07, 6.45) is 2.06. The molecule has 0 radical (unpaired) electrons. The number of nitrogens with zero attached hydrogens (tertiary/aromatic N) is 1. The van der Waals surface area contributed by atoms with Crippen LogP contribution >= 0.6 is 11.8 Å². The molecule has 1 aromatic carbocycles. The van der Waals surface area contributed by atoms with Crippen molar-refractivity contribution in [3.05, 3.63) is 39.4 Å². The monoisotopic (exact) mass is 254 g/mol. The van der Waals surface area contributed by atoms with E-state index in [-0.39, 0.29) is 16.7 Å². The van der Waals surface area contributed by atoms with Gasteiger partial charge in [0, 0.05) is 30.0 Å². The molecule has 0 saturated heterocycles. The number of nitrogens with one attached hydrogen (secondary N) is 1. The van der Waals surface area contributed by atoms with Crippen LogP contribution in [0.3, 0.4) is 0 Å². The number of benzene rings is 1. The van der Waals surface area contributed by atoms with Crippen molar-refractivity contribution >= 4 is 17.4 Å². The van der Waals surface area contributed by atoms with E-state index in [9.17, 15) is 10.1 Å². The zero-order chi connectivity index (χ0) is 12.8. The number of hydrogen-bond donors (Lipinski definition) is 1. The molecule has 1 N–H and O–H groups in total. The van der Waals surface area contributed by atoms with Crippen molar-refractivity contribution in [3.8, 4) is 0 Å². The maximum atomic E-state index is 10.8. The molecule has 0 bridgehead atoms. The number of hydrogen-bond acceptors (Lipinski definition) is 4. The summed E-state index contributed by atoms with van der Waals surface area (Å²) < 4.78 is 0. The summed E-state index contributed by atoms with van der Waals surface area (Å²) >= 11 is 1.78. The largest absolute Gasteiger partial charge is 0.309 e. The highest BCUT2D eigenvalue weighted by molar-refractivity contribution is 7.98. The lowest BCUT2D eigenvalue weighted by molar-refractivity contribution is -0.385. The Hall–Kier alpha value is -1.07. The van der Waals surface area contributed by atoms with Crippen LogP contribution in [0.1, 0.15) is 24.1 Å². The van der Waals surface area contributed by atoms with Gasteiger partial charge in [-0.2, -0.15) is 11.8 Å². The van der Waals surface area contributed by atoms with Gasteiger partial charge in [-0.05, 0) is 25.7 Å². The Morgan fingerprint density at radius 3 is 2.82 bits per heavy atom. The van der Waals surface area contributed by atoms with Gasteiger partial charge in [-0.25, -0.2) is 0 Å². The minimum atomic E-state index is -0.326. The molecule has 0 aliphatic carbocycles. The average molecular weight is 254 g/mol. The molecular formula is C12H18N2O2S. The fourth-order valence-corrected chi connectivity index (χ4v) is 1.91. The first-order valence-corrected chi connectivity index (χ1v) is 6.93. The molecular weight excluding hydrogens is 236 g/mol. The molecule has 0 aliphatic rings. The Balaban J connectivity index is 2.77. The topological polar surface area (TPSA) is 55.2 Å². The lowest BCUT2D eigenvalue weighted by Gasteiger charge is -2.14. The van der Waals surface area contributed by atoms with Gasteiger partial charge < -0.3 is 5.32 Å². The fourth-order valence-electron chi connectivity index (χ4n) is 1.59. The van der Waals surface area contributed by atoms with Crippen LogP contribution in [0.25, 0.3) is 0 Å². The average Bonchev–Trinajstić information content (AvgIpc) is 2.29. The van der Waals surface area contributed by atoms with Crippen LogP contribution in [-0.4, -0.2) is 23.5 Å². The SMILES string of the molecule is CSCCNC(C)c1ccc(C)c([N+](=O)[O-])c1. The second-order valence-corrected chi connectivity index (χ2v) is 4.96. The first-order valence-electron chi connectivity index (χ1n) is 5.53. The van der Waals surface area contributed by atoms with Gasteiger partial charge in [0.05, 0.1) is 4.92 Å². The van der Waals surface area contributed by atoms with Crippen molar-refractivity contribution in [1.82, 2.24) is 5.32 Å². The van der Waals surface area contributed by atoms with E-state index in [1.807, 2.05) is 13.0 Å². The summed E-state index contributed by atoms with van der Waals surface area (Å²) in [5.41, 5.74) is 1.86. The molecule has 1 unspecified atom stereocenters. The molecule has 5 heteroatoms. The number of thioether (sulfide) groups is 1. The van der Waals surface area contributed by atoms with E-state index in [1.165, 1.54) is 0 Å². The molecule has 0 heterocycles. The molecule has 0 fully saturated rings. The second kappa shape index (κ2) is 6.61. The van der Waals surface area contributed by atoms with Gasteiger partial charge in [-0.15, -0.1) is 0 Å². The van der Waals surface area contributed by atoms with Crippen molar-refractivity contribution in [2.75, 3.05) is 18.6 Å². The fraction of sp³-hybridized carbons (Fsp3) is 0.500. The summed E-state index contributed by atoms with van der Waals surface area (Å²) in [5, 5.41) is 14.2. The van der Waals surface area contributed by atoms with Gasteiger partial charge >= 0.3 is 0 Å². The van der Waals surface area contributed by atoms with Crippen LogP contribution in [0.4, 0.5) is 5.69 Å². The van der Waals surface area contributed by atoms with Gasteiger partial charge in [-0.3, -0.25) is 10.1 Å². The Morgan fingerprint density at radius 1 is 1.53 bits per heavy atom. The zero-order valence-corrected chi connectivity index (χ0v) is 11.2. The van der Waals surface area contributed by atoms with Crippen molar-refractivity contribution < 1.29 is 4.92 Å². The molecule has 17 heavy (non-hydrogen) atoms. The molecule has 1 rings (SSSR count). The number of nitro benzene ring substituents is 1. The Bertz CT molecular complexity index is 396. The zero-order valence-electron chi connectivity index (χ0n) is 10.4. The molecule has 0 spiro atoms. The highest BCUT2D eigenvalue weighted by Crippen LogP contribution is 2.23. The third kappa shape index (κ3) is 4.02. The van der Waals surface area contributed by atoms with E-state index in [1.54, 1.807) is 30.8 Å². The number of aryl methyl sites for hydroxylation is 1. The lowest BCUT2D eigenvalue weighted by atomic mass is 10.0. The van der Waals surface area contributed by atoms with Crippen LogP contribution in [0.15, 0.2) is 18.2 Å². The van der Waals surface area contributed by atoms with Crippen LogP contribution in [0, 0.1) is 17.0 Å². The minimum absolute atomic E-state index is 0.140.